The molecule has 0 amide bonds. The van der Waals surface area contributed by atoms with Gasteiger partial charge < -0.3 is 9.84 Å². The van der Waals surface area contributed by atoms with Crippen molar-refractivity contribution in [3.8, 4) is 0 Å². The Bertz CT molecular complexity index is 409. The minimum absolute atomic E-state index is 0.128. The highest BCUT2D eigenvalue weighted by Gasteiger charge is 2.33. The summed E-state index contributed by atoms with van der Waals surface area (Å²) in [5.41, 5.74) is 1.24. The van der Waals surface area contributed by atoms with Crippen molar-refractivity contribution >= 4 is 0 Å². The van der Waals surface area contributed by atoms with Crippen molar-refractivity contribution in [3.05, 3.63) is 35.9 Å². The summed E-state index contributed by atoms with van der Waals surface area (Å²) in [6.07, 6.45) is 5.84. The molecule has 3 rings (SSSR count). The molecule has 0 bridgehead atoms. The maximum atomic E-state index is 10.1. The average molecular weight is 275 g/mol. The van der Waals surface area contributed by atoms with Gasteiger partial charge in [-0.15, -0.1) is 0 Å². The lowest BCUT2D eigenvalue weighted by Crippen LogP contribution is -2.44. The number of nitrogens with zero attached hydrogens (tertiary/aromatic N) is 1. The molecule has 1 N–H and O–H groups in total. The van der Waals surface area contributed by atoms with E-state index in [2.05, 4.69) is 29.2 Å². The number of benzene rings is 1. The van der Waals surface area contributed by atoms with E-state index in [0.717, 1.165) is 32.4 Å². The van der Waals surface area contributed by atoms with Gasteiger partial charge in [0.05, 0.1) is 18.8 Å². The number of aliphatic hydroxyl groups excluding tert-OH is 1. The number of aliphatic hydroxyl groups is 1. The van der Waals surface area contributed by atoms with Crippen LogP contribution in [0.25, 0.3) is 0 Å². The van der Waals surface area contributed by atoms with E-state index < -0.39 is 0 Å². The molecule has 2 fully saturated rings. The minimum Gasteiger partial charge on any atom is -0.391 e. The van der Waals surface area contributed by atoms with E-state index in [0.29, 0.717) is 18.8 Å². The van der Waals surface area contributed by atoms with Gasteiger partial charge in [0.25, 0.3) is 0 Å². The van der Waals surface area contributed by atoms with Gasteiger partial charge in [-0.1, -0.05) is 43.2 Å². The van der Waals surface area contributed by atoms with E-state index in [1.54, 1.807) is 0 Å². The Kier molecular flexibility index (Phi) is 4.71. The van der Waals surface area contributed by atoms with Crippen molar-refractivity contribution in [3.63, 3.8) is 0 Å². The number of likely N-dealkylation sites (tertiary alicyclic amines) is 1. The van der Waals surface area contributed by atoms with Crippen LogP contribution in [-0.4, -0.2) is 41.3 Å². The number of ether oxygens (including phenoxy) is 1. The lowest BCUT2D eigenvalue weighted by atomic mass is 9.91. The lowest BCUT2D eigenvalue weighted by molar-refractivity contribution is 0.00967. The zero-order valence-electron chi connectivity index (χ0n) is 12.1. The van der Waals surface area contributed by atoms with Gasteiger partial charge in [0, 0.05) is 19.1 Å². The monoisotopic (exact) mass is 275 g/mol. The van der Waals surface area contributed by atoms with E-state index in [4.69, 9.17) is 4.74 Å². The first-order valence-electron chi connectivity index (χ1n) is 7.90. The van der Waals surface area contributed by atoms with Crippen molar-refractivity contribution < 1.29 is 9.84 Å². The molecule has 1 saturated heterocycles. The minimum atomic E-state index is -0.128. The van der Waals surface area contributed by atoms with E-state index in [1.807, 2.05) is 6.07 Å². The molecular weight excluding hydrogens is 250 g/mol. The van der Waals surface area contributed by atoms with Gasteiger partial charge in [0.1, 0.15) is 0 Å². The van der Waals surface area contributed by atoms with Crippen LogP contribution in [0.3, 0.4) is 0 Å². The smallest absolute Gasteiger partial charge is 0.0721 e. The molecule has 3 heteroatoms. The normalized spacial score (nSPS) is 31.6. The summed E-state index contributed by atoms with van der Waals surface area (Å²) < 4.78 is 6.02. The van der Waals surface area contributed by atoms with Crippen molar-refractivity contribution in [1.29, 1.82) is 0 Å². The summed E-state index contributed by atoms with van der Waals surface area (Å²) in [5.74, 6) is 0. The van der Waals surface area contributed by atoms with E-state index in [9.17, 15) is 5.11 Å². The fourth-order valence-electron chi connectivity index (χ4n) is 3.50. The Morgan fingerprint density at radius 1 is 1.10 bits per heavy atom. The second-order valence-corrected chi connectivity index (χ2v) is 6.12. The van der Waals surface area contributed by atoms with E-state index in [1.165, 1.54) is 18.4 Å². The molecule has 110 valence electrons. The Morgan fingerprint density at radius 2 is 1.90 bits per heavy atom. The molecule has 2 aliphatic rings. The first-order chi connectivity index (χ1) is 9.83. The average Bonchev–Trinajstić information content (AvgIpc) is 2.95. The predicted molar refractivity (Wildman–Crippen MR) is 79.5 cm³/mol. The van der Waals surface area contributed by atoms with Crippen molar-refractivity contribution in [2.24, 2.45) is 0 Å². The first kappa shape index (κ1) is 14.1. The van der Waals surface area contributed by atoms with Crippen LogP contribution in [0.5, 0.6) is 0 Å². The van der Waals surface area contributed by atoms with Gasteiger partial charge in [-0.2, -0.15) is 0 Å². The molecule has 0 unspecified atom stereocenters. The third-order valence-electron chi connectivity index (χ3n) is 4.67. The van der Waals surface area contributed by atoms with Gasteiger partial charge in [-0.25, -0.2) is 0 Å². The van der Waals surface area contributed by atoms with Crippen molar-refractivity contribution in [2.75, 3.05) is 13.1 Å². The van der Waals surface area contributed by atoms with E-state index >= 15 is 0 Å². The molecule has 1 heterocycles. The number of hydrogen-bond donors (Lipinski definition) is 1. The molecule has 3 nitrogen and oxygen atoms in total. The van der Waals surface area contributed by atoms with Crippen molar-refractivity contribution in [1.82, 2.24) is 4.90 Å². The molecule has 1 aromatic carbocycles. The molecule has 1 aliphatic heterocycles. The van der Waals surface area contributed by atoms with Crippen LogP contribution >= 0.6 is 0 Å². The Labute approximate surface area is 121 Å². The van der Waals surface area contributed by atoms with Crippen molar-refractivity contribution in [2.45, 2.75) is 57.0 Å². The zero-order chi connectivity index (χ0) is 13.8. The summed E-state index contributed by atoms with van der Waals surface area (Å²) in [6.45, 7) is 2.75. The van der Waals surface area contributed by atoms with Gasteiger partial charge in [-0.05, 0) is 24.8 Å². The molecule has 3 atom stereocenters. The number of rotatable bonds is 4. The highest BCUT2D eigenvalue weighted by Crippen LogP contribution is 2.27. The van der Waals surface area contributed by atoms with Crippen LogP contribution in [0.1, 0.15) is 37.7 Å². The fourth-order valence-corrected chi connectivity index (χ4v) is 3.50. The zero-order valence-corrected chi connectivity index (χ0v) is 12.1. The second-order valence-electron chi connectivity index (χ2n) is 6.12. The second kappa shape index (κ2) is 6.70. The molecule has 0 radical (unpaired) electrons. The summed E-state index contributed by atoms with van der Waals surface area (Å²) in [5, 5.41) is 10.1. The lowest BCUT2D eigenvalue weighted by Gasteiger charge is -2.35. The van der Waals surface area contributed by atoms with Crippen LogP contribution < -0.4 is 0 Å². The molecule has 1 aliphatic carbocycles. The summed E-state index contributed by atoms with van der Waals surface area (Å²) in [7, 11) is 0. The summed E-state index contributed by atoms with van der Waals surface area (Å²) >= 11 is 0. The Balaban J connectivity index is 1.47. The molecule has 20 heavy (non-hydrogen) atoms. The molecule has 1 saturated carbocycles. The SMILES string of the molecule is O[C@H]1CCCC[C@@H]1N1CC[C@@H](OCc2ccccc2)C1. The van der Waals surface area contributed by atoms with Gasteiger partial charge >= 0.3 is 0 Å². The van der Waals surface area contributed by atoms with Gasteiger partial charge in [0.2, 0.25) is 0 Å². The largest absolute Gasteiger partial charge is 0.391 e. The maximum absolute atomic E-state index is 10.1. The quantitative estimate of drug-likeness (QED) is 0.916. The maximum Gasteiger partial charge on any atom is 0.0721 e. The van der Waals surface area contributed by atoms with Gasteiger partial charge in [-0.3, -0.25) is 4.90 Å². The van der Waals surface area contributed by atoms with Crippen LogP contribution in [0.4, 0.5) is 0 Å². The Morgan fingerprint density at radius 3 is 2.70 bits per heavy atom. The van der Waals surface area contributed by atoms with E-state index in [-0.39, 0.29) is 6.10 Å². The van der Waals surface area contributed by atoms with Crippen LogP contribution in [0.15, 0.2) is 30.3 Å². The topological polar surface area (TPSA) is 32.7 Å². The Hall–Kier alpha value is -0.900. The predicted octanol–water partition coefficient (Wildman–Crippen LogP) is 2.58. The summed E-state index contributed by atoms with van der Waals surface area (Å²) in [6, 6.07) is 10.7. The third-order valence-corrected chi connectivity index (χ3v) is 4.67. The fraction of sp³-hybridized carbons (Fsp3) is 0.647. The third kappa shape index (κ3) is 3.40. The first-order valence-corrected chi connectivity index (χ1v) is 7.90. The van der Waals surface area contributed by atoms with Crippen LogP contribution in [-0.2, 0) is 11.3 Å². The molecule has 0 spiro atoms. The van der Waals surface area contributed by atoms with Crippen LogP contribution in [0, 0.1) is 0 Å². The highest BCUT2D eigenvalue weighted by atomic mass is 16.5. The molecular formula is C17H25NO2. The highest BCUT2D eigenvalue weighted by molar-refractivity contribution is 5.13. The standard InChI is InChI=1S/C17H25NO2/c19-17-9-5-4-8-16(17)18-11-10-15(12-18)20-13-14-6-2-1-3-7-14/h1-3,6-7,15-17,19H,4-5,8-13H2/t15-,16+,17+/m1/s1. The molecule has 1 aromatic rings. The van der Waals surface area contributed by atoms with Gasteiger partial charge in [0.15, 0.2) is 0 Å². The number of hydrogen-bond acceptors (Lipinski definition) is 3. The van der Waals surface area contributed by atoms with Crippen LogP contribution in [0.2, 0.25) is 0 Å². The molecule has 0 aromatic heterocycles. The summed E-state index contributed by atoms with van der Waals surface area (Å²) in [4.78, 5) is 2.44.